The maximum atomic E-state index is 13.8. The molecule has 11 nitrogen and oxygen atoms in total. The Morgan fingerprint density at radius 3 is 2.60 bits per heavy atom. The van der Waals surface area contributed by atoms with E-state index in [-0.39, 0.29) is 39.6 Å². The van der Waals surface area contributed by atoms with Crippen molar-refractivity contribution in [3.05, 3.63) is 76.2 Å². The lowest BCUT2D eigenvalue weighted by molar-refractivity contribution is 0.0948. The normalized spacial score (nSPS) is 17.7. The van der Waals surface area contributed by atoms with Crippen molar-refractivity contribution in [2.45, 2.75) is 30.2 Å². The van der Waals surface area contributed by atoms with Crippen LogP contribution in [0.4, 0.5) is 11.4 Å². The summed E-state index contributed by atoms with van der Waals surface area (Å²) in [5.74, 6) is 0.520. The molecule has 0 saturated carbocycles. The van der Waals surface area contributed by atoms with Crippen LogP contribution < -0.4 is 30.0 Å². The molecular weight excluding hydrogens is 560 g/mol. The molecule has 2 aliphatic rings. The molecule has 0 aliphatic carbocycles. The Hall–Kier alpha value is -4.03. The first-order chi connectivity index (χ1) is 20.2. The quantitative estimate of drug-likeness (QED) is 0.324. The third kappa shape index (κ3) is 6.09. The van der Waals surface area contributed by atoms with E-state index in [0.717, 1.165) is 12.1 Å². The van der Waals surface area contributed by atoms with Crippen molar-refractivity contribution in [2.24, 2.45) is 5.92 Å². The van der Waals surface area contributed by atoms with Gasteiger partial charge in [-0.05, 0) is 55.2 Å². The first-order valence-electron chi connectivity index (χ1n) is 13.8. The molecule has 3 heterocycles. The predicted molar refractivity (Wildman–Crippen MR) is 159 cm³/mol. The molecule has 1 aromatic heterocycles. The van der Waals surface area contributed by atoms with E-state index in [1.165, 1.54) is 26.4 Å². The first kappa shape index (κ1) is 29.5. The Morgan fingerprint density at radius 1 is 1.00 bits per heavy atom. The highest BCUT2D eigenvalue weighted by atomic mass is 32.2. The van der Waals surface area contributed by atoms with Crippen LogP contribution in [0, 0.1) is 5.92 Å². The molecule has 1 amide bonds. The average Bonchev–Trinajstić information content (AvgIpc) is 2.99. The number of carbonyl (C=O) groups excluding carboxylic acids is 1. The Morgan fingerprint density at radius 2 is 1.83 bits per heavy atom. The topological polar surface area (TPSA) is 128 Å². The summed E-state index contributed by atoms with van der Waals surface area (Å²) < 4.78 is 47.8. The lowest BCUT2D eigenvalue weighted by Gasteiger charge is -2.44. The first-order valence-corrected chi connectivity index (χ1v) is 15.3. The lowest BCUT2D eigenvalue weighted by Crippen LogP contribution is -2.47. The number of nitrogens with zero attached hydrogens (tertiary/aromatic N) is 2. The fourth-order valence-electron chi connectivity index (χ4n) is 5.84. The number of hydrogen-bond acceptors (Lipinski definition) is 8. The highest BCUT2D eigenvalue weighted by Crippen LogP contribution is 2.40. The van der Waals surface area contributed by atoms with Crippen molar-refractivity contribution in [3.63, 3.8) is 0 Å². The van der Waals surface area contributed by atoms with E-state index in [0.29, 0.717) is 56.2 Å². The van der Waals surface area contributed by atoms with Gasteiger partial charge in [-0.25, -0.2) is 8.42 Å². The second kappa shape index (κ2) is 12.5. The number of methoxy groups -OCH3 is 3. The van der Waals surface area contributed by atoms with Gasteiger partial charge in [0.15, 0.2) is 0 Å². The van der Waals surface area contributed by atoms with Crippen LogP contribution in [0.2, 0.25) is 0 Å². The molecule has 1 fully saturated rings. The number of fused-ring (bicyclic) bond motifs is 4. The third-order valence-electron chi connectivity index (χ3n) is 7.79. The van der Waals surface area contributed by atoms with Gasteiger partial charge in [0.1, 0.15) is 16.4 Å². The van der Waals surface area contributed by atoms with Crippen molar-refractivity contribution < 1.29 is 27.4 Å². The van der Waals surface area contributed by atoms with Crippen molar-refractivity contribution in [1.82, 2.24) is 9.88 Å². The lowest BCUT2D eigenvalue weighted by atomic mass is 9.83. The zero-order valence-corrected chi connectivity index (χ0v) is 24.8. The molecule has 2 aromatic carbocycles. The van der Waals surface area contributed by atoms with Crippen LogP contribution in [0.25, 0.3) is 0 Å². The summed E-state index contributed by atoms with van der Waals surface area (Å²) in [6, 6.07) is 15.0. The average molecular weight is 597 g/mol. The molecule has 0 spiro atoms. The smallest absolute Gasteiger partial charge is 0.265 e. The number of anilines is 2. The molecule has 2 aliphatic heterocycles. The number of benzene rings is 2. The number of pyridine rings is 1. The molecule has 2 atom stereocenters. The zero-order valence-electron chi connectivity index (χ0n) is 24.0. The SMILES string of the molecule is COCCCNC(=O)c1ccc(N2CC3CC(C2)c2cccc(=O)n2C3)c(NS(=O)(=O)c2cc(OC)ccc2OC)c1. The summed E-state index contributed by atoms with van der Waals surface area (Å²) >= 11 is 0. The second-order valence-electron chi connectivity index (χ2n) is 10.6. The molecule has 42 heavy (non-hydrogen) atoms. The Balaban J connectivity index is 1.51. The molecule has 5 rings (SSSR count). The van der Waals surface area contributed by atoms with Gasteiger partial charge >= 0.3 is 0 Å². The number of sulfonamides is 1. The molecule has 3 aromatic rings. The number of nitrogens with one attached hydrogen (secondary N) is 2. The number of carbonyl (C=O) groups is 1. The summed E-state index contributed by atoms with van der Waals surface area (Å²) in [7, 11) is 0.290. The van der Waals surface area contributed by atoms with E-state index >= 15 is 0 Å². The van der Waals surface area contributed by atoms with Crippen molar-refractivity contribution >= 4 is 27.3 Å². The highest BCUT2D eigenvalue weighted by molar-refractivity contribution is 7.92. The third-order valence-corrected chi connectivity index (χ3v) is 9.18. The molecule has 0 radical (unpaired) electrons. The predicted octanol–water partition coefficient (Wildman–Crippen LogP) is 3.06. The van der Waals surface area contributed by atoms with Gasteiger partial charge in [0.05, 0.1) is 25.6 Å². The monoisotopic (exact) mass is 596 g/mol. The Kier molecular flexibility index (Phi) is 8.74. The van der Waals surface area contributed by atoms with Crippen LogP contribution in [-0.2, 0) is 21.3 Å². The van der Waals surface area contributed by atoms with Crippen LogP contribution in [0.3, 0.4) is 0 Å². The maximum Gasteiger partial charge on any atom is 0.265 e. The van der Waals surface area contributed by atoms with E-state index in [1.807, 2.05) is 10.6 Å². The molecular formula is C30H36N4O7S. The van der Waals surface area contributed by atoms with E-state index in [1.54, 1.807) is 43.5 Å². The maximum absolute atomic E-state index is 13.8. The number of ether oxygens (including phenoxy) is 3. The summed E-state index contributed by atoms with van der Waals surface area (Å²) in [5, 5.41) is 2.86. The fourth-order valence-corrected chi connectivity index (χ4v) is 7.09. The van der Waals surface area contributed by atoms with Gasteiger partial charge in [-0.3, -0.25) is 14.3 Å². The van der Waals surface area contributed by atoms with Gasteiger partial charge in [0.2, 0.25) is 0 Å². The van der Waals surface area contributed by atoms with Gasteiger partial charge in [0, 0.05) is 69.2 Å². The van der Waals surface area contributed by atoms with Crippen LogP contribution in [0.1, 0.15) is 34.8 Å². The molecule has 2 bridgehead atoms. The summed E-state index contributed by atoms with van der Waals surface area (Å²) in [6.45, 7) is 2.77. The Labute approximate surface area is 245 Å². The number of amides is 1. The van der Waals surface area contributed by atoms with Gasteiger partial charge in [0.25, 0.3) is 21.5 Å². The van der Waals surface area contributed by atoms with Crippen molar-refractivity contribution in [1.29, 1.82) is 0 Å². The minimum absolute atomic E-state index is 0.00259. The minimum atomic E-state index is -4.16. The van der Waals surface area contributed by atoms with Crippen LogP contribution in [0.15, 0.2) is 64.3 Å². The number of rotatable bonds is 11. The van der Waals surface area contributed by atoms with Crippen molar-refractivity contribution in [2.75, 3.05) is 57.2 Å². The molecule has 224 valence electrons. The van der Waals surface area contributed by atoms with Gasteiger partial charge < -0.3 is 29.0 Å². The Bertz CT molecular complexity index is 1620. The van der Waals surface area contributed by atoms with Gasteiger partial charge in [-0.2, -0.15) is 0 Å². The molecule has 1 saturated heterocycles. The minimum Gasteiger partial charge on any atom is -0.497 e. The molecule has 12 heteroatoms. The number of aromatic nitrogens is 1. The number of piperidine rings is 1. The van der Waals surface area contributed by atoms with Gasteiger partial charge in [-0.15, -0.1) is 0 Å². The van der Waals surface area contributed by atoms with E-state index < -0.39 is 10.0 Å². The van der Waals surface area contributed by atoms with Crippen LogP contribution in [-0.4, -0.2) is 66.5 Å². The van der Waals surface area contributed by atoms with E-state index in [2.05, 4.69) is 14.9 Å². The van der Waals surface area contributed by atoms with E-state index in [4.69, 9.17) is 14.2 Å². The van der Waals surface area contributed by atoms with Crippen molar-refractivity contribution in [3.8, 4) is 11.5 Å². The highest BCUT2D eigenvalue weighted by Gasteiger charge is 2.36. The largest absolute Gasteiger partial charge is 0.497 e. The van der Waals surface area contributed by atoms with Crippen LogP contribution >= 0.6 is 0 Å². The standard InChI is InChI=1S/C30H36N4O7S/c1-39-13-5-12-31-30(36)21-8-10-26(33-17-20-14-22(19-33)25-6-4-7-29(35)34(25)18-20)24(15-21)32-42(37,38)28-16-23(40-2)9-11-27(28)41-3/h4,6-11,15-16,20,22,32H,5,12-14,17-19H2,1-3H3,(H,31,36). The van der Waals surface area contributed by atoms with Crippen LogP contribution in [0.5, 0.6) is 11.5 Å². The summed E-state index contributed by atoms with van der Waals surface area (Å²) in [5.41, 5.74) is 2.23. The molecule has 2 N–H and O–H groups in total. The summed E-state index contributed by atoms with van der Waals surface area (Å²) in [4.78, 5) is 27.5. The second-order valence-corrected chi connectivity index (χ2v) is 12.2. The van der Waals surface area contributed by atoms with E-state index in [9.17, 15) is 18.0 Å². The number of hydrogen-bond donors (Lipinski definition) is 2. The molecule has 2 unspecified atom stereocenters. The summed E-state index contributed by atoms with van der Waals surface area (Å²) in [6.07, 6.45) is 1.60. The fraction of sp³-hybridized carbons (Fsp3) is 0.400. The van der Waals surface area contributed by atoms with Gasteiger partial charge in [-0.1, -0.05) is 6.07 Å². The zero-order chi connectivity index (χ0) is 29.9.